The van der Waals surface area contributed by atoms with Gasteiger partial charge in [0.1, 0.15) is 5.75 Å². The molecule has 3 nitrogen and oxygen atoms in total. The quantitative estimate of drug-likeness (QED) is 0.673. The summed E-state index contributed by atoms with van der Waals surface area (Å²) in [5.41, 5.74) is 4.23. The predicted octanol–water partition coefficient (Wildman–Crippen LogP) is 5.83. The number of nitrogens with one attached hydrogen (secondary N) is 1. The molecule has 5 heteroatoms. The number of ether oxygens (including phenoxy) is 1. The van der Waals surface area contributed by atoms with E-state index in [2.05, 4.69) is 50.4 Å². The molecule has 0 saturated carbocycles. The normalized spacial score (nSPS) is 11.3. The van der Waals surface area contributed by atoms with Crippen molar-refractivity contribution < 1.29 is 9.53 Å². The Kier molecular flexibility index (Phi) is 7.01. The highest BCUT2D eigenvalue weighted by Gasteiger charge is 2.13. The third kappa shape index (κ3) is 5.68. The standard InChI is InChI=1S/C21H26ClNO2S/c1-14-10-18(19(25-5)11-17(14)22)23-20(24)13-26-12-15-6-8-16(9-7-15)21(2,3)4/h6-11H,12-13H2,1-5H3,(H,23,24). The fourth-order valence-corrected chi connectivity index (χ4v) is 3.42. The second kappa shape index (κ2) is 8.83. The molecule has 140 valence electrons. The average Bonchev–Trinajstić information content (AvgIpc) is 2.57. The number of thioether (sulfide) groups is 1. The first-order valence-electron chi connectivity index (χ1n) is 8.52. The molecule has 0 atom stereocenters. The van der Waals surface area contributed by atoms with Gasteiger partial charge in [0.2, 0.25) is 5.91 Å². The SMILES string of the molecule is COc1cc(Cl)c(C)cc1NC(=O)CSCc1ccc(C(C)(C)C)cc1. The minimum absolute atomic E-state index is 0.0543. The lowest BCUT2D eigenvalue weighted by Gasteiger charge is -2.19. The van der Waals surface area contributed by atoms with Crippen LogP contribution in [0.5, 0.6) is 5.75 Å². The first kappa shape index (κ1) is 20.7. The van der Waals surface area contributed by atoms with E-state index in [0.717, 1.165) is 11.3 Å². The Hall–Kier alpha value is -1.65. The molecular formula is C21H26ClNO2S. The predicted molar refractivity (Wildman–Crippen MR) is 113 cm³/mol. The molecule has 0 spiro atoms. The summed E-state index contributed by atoms with van der Waals surface area (Å²) in [6, 6.07) is 12.1. The number of amides is 1. The van der Waals surface area contributed by atoms with Crippen molar-refractivity contribution in [2.24, 2.45) is 0 Å². The molecule has 0 radical (unpaired) electrons. The summed E-state index contributed by atoms with van der Waals surface area (Å²) in [5.74, 6) is 1.69. The molecule has 1 amide bonds. The zero-order valence-electron chi connectivity index (χ0n) is 16.0. The molecule has 0 bridgehead atoms. The number of anilines is 1. The molecule has 0 aliphatic heterocycles. The second-order valence-corrected chi connectivity index (χ2v) is 8.68. The van der Waals surface area contributed by atoms with Gasteiger partial charge in [0.05, 0.1) is 18.6 Å². The number of methoxy groups -OCH3 is 1. The molecule has 2 aromatic carbocycles. The van der Waals surface area contributed by atoms with Crippen LogP contribution in [-0.2, 0) is 16.0 Å². The van der Waals surface area contributed by atoms with Gasteiger partial charge < -0.3 is 10.1 Å². The van der Waals surface area contributed by atoms with Crippen LogP contribution in [0.15, 0.2) is 36.4 Å². The molecule has 0 aliphatic rings. The molecule has 0 unspecified atom stereocenters. The summed E-state index contributed by atoms with van der Waals surface area (Å²) in [6.45, 7) is 8.50. The van der Waals surface area contributed by atoms with Gasteiger partial charge in [-0.25, -0.2) is 0 Å². The van der Waals surface area contributed by atoms with Gasteiger partial charge in [0.15, 0.2) is 0 Å². The Morgan fingerprint density at radius 2 is 1.85 bits per heavy atom. The Labute approximate surface area is 165 Å². The Balaban J connectivity index is 1.89. The fourth-order valence-electron chi connectivity index (χ4n) is 2.48. The zero-order valence-corrected chi connectivity index (χ0v) is 17.6. The highest BCUT2D eigenvalue weighted by molar-refractivity contribution is 7.99. The lowest BCUT2D eigenvalue weighted by molar-refractivity contribution is -0.113. The van der Waals surface area contributed by atoms with Crippen molar-refractivity contribution in [2.75, 3.05) is 18.2 Å². The minimum atomic E-state index is -0.0543. The topological polar surface area (TPSA) is 38.3 Å². The Bertz CT molecular complexity index is 767. The summed E-state index contributed by atoms with van der Waals surface area (Å²) < 4.78 is 5.29. The van der Waals surface area contributed by atoms with Gasteiger partial charge in [-0.1, -0.05) is 56.6 Å². The maximum Gasteiger partial charge on any atom is 0.234 e. The number of hydrogen-bond donors (Lipinski definition) is 1. The Morgan fingerprint density at radius 3 is 2.42 bits per heavy atom. The van der Waals surface area contributed by atoms with Crippen LogP contribution in [0.25, 0.3) is 0 Å². The van der Waals surface area contributed by atoms with Crippen LogP contribution in [0.2, 0.25) is 5.02 Å². The smallest absolute Gasteiger partial charge is 0.234 e. The number of rotatable bonds is 6. The van der Waals surface area contributed by atoms with E-state index in [1.54, 1.807) is 24.9 Å². The lowest BCUT2D eigenvalue weighted by atomic mass is 9.87. The van der Waals surface area contributed by atoms with Crippen molar-refractivity contribution in [3.8, 4) is 5.75 Å². The summed E-state index contributed by atoms with van der Waals surface area (Å²) >= 11 is 7.68. The number of benzene rings is 2. The van der Waals surface area contributed by atoms with E-state index in [-0.39, 0.29) is 11.3 Å². The van der Waals surface area contributed by atoms with Crippen LogP contribution in [0.3, 0.4) is 0 Å². The van der Waals surface area contributed by atoms with Crippen molar-refractivity contribution in [1.29, 1.82) is 0 Å². The molecule has 0 saturated heterocycles. The van der Waals surface area contributed by atoms with E-state index in [4.69, 9.17) is 16.3 Å². The van der Waals surface area contributed by atoms with Gasteiger partial charge in [0, 0.05) is 16.8 Å². The number of hydrogen-bond acceptors (Lipinski definition) is 3. The summed E-state index contributed by atoms with van der Waals surface area (Å²) in [5, 5.41) is 3.52. The molecule has 0 aromatic heterocycles. The highest BCUT2D eigenvalue weighted by atomic mass is 35.5. The molecule has 2 rings (SSSR count). The average molecular weight is 392 g/mol. The molecule has 26 heavy (non-hydrogen) atoms. The molecule has 0 heterocycles. The minimum Gasteiger partial charge on any atom is -0.495 e. The summed E-state index contributed by atoms with van der Waals surface area (Å²) in [4.78, 5) is 12.2. The van der Waals surface area contributed by atoms with E-state index in [9.17, 15) is 4.79 Å². The largest absolute Gasteiger partial charge is 0.495 e. The van der Waals surface area contributed by atoms with Crippen molar-refractivity contribution in [2.45, 2.75) is 38.9 Å². The van der Waals surface area contributed by atoms with Gasteiger partial charge in [-0.15, -0.1) is 11.8 Å². The maximum atomic E-state index is 12.2. The van der Waals surface area contributed by atoms with Crippen molar-refractivity contribution in [3.63, 3.8) is 0 Å². The number of halogens is 1. The van der Waals surface area contributed by atoms with Crippen LogP contribution in [0.4, 0.5) is 5.69 Å². The highest BCUT2D eigenvalue weighted by Crippen LogP contribution is 2.31. The van der Waals surface area contributed by atoms with Crippen molar-refractivity contribution in [1.82, 2.24) is 0 Å². The molecule has 1 N–H and O–H groups in total. The van der Waals surface area contributed by atoms with Gasteiger partial charge in [-0.05, 0) is 35.1 Å². The second-order valence-electron chi connectivity index (χ2n) is 7.29. The molecule has 0 fully saturated rings. The summed E-state index contributed by atoms with van der Waals surface area (Å²) in [7, 11) is 1.56. The van der Waals surface area contributed by atoms with Crippen LogP contribution in [0.1, 0.15) is 37.5 Å². The number of carbonyl (C=O) groups is 1. The van der Waals surface area contributed by atoms with Crippen LogP contribution in [0, 0.1) is 6.92 Å². The van der Waals surface area contributed by atoms with E-state index in [1.807, 2.05) is 13.0 Å². The number of carbonyl (C=O) groups excluding carboxylic acids is 1. The molecular weight excluding hydrogens is 366 g/mol. The molecule has 2 aromatic rings. The van der Waals surface area contributed by atoms with Crippen molar-refractivity contribution >= 4 is 35.0 Å². The maximum absolute atomic E-state index is 12.2. The van der Waals surface area contributed by atoms with Crippen LogP contribution in [-0.4, -0.2) is 18.8 Å². The first-order chi connectivity index (χ1) is 12.2. The fraction of sp³-hybridized carbons (Fsp3) is 0.381. The first-order valence-corrected chi connectivity index (χ1v) is 10.0. The van der Waals surface area contributed by atoms with Gasteiger partial charge in [-0.3, -0.25) is 4.79 Å². The lowest BCUT2D eigenvalue weighted by Crippen LogP contribution is -2.15. The van der Waals surface area contributed by atoms with E-state index >= 15 is 0 Å². The molecule has 0 aliphatic carbocycles. The summed E-state index contributed by atoms with van der Waals surface area (Å²) in [6.07, 6.45) is 0. The third-order valence-corrected chi connectivity index (χ3v) is 5.49. The van der Waals surface area contributed by atoms with Gasteiger partial charge >= 0.3 is 0 Å². The zero-order chi connectivity index (χ0) is 19.3. The van der Waals surface area contributed by atoms with Gasteiger partial charge in [0.25, 0.3) is 0 Å². The van der Waals surface area contributed by atoms with E-state index < -0.39 is 0 Å². The van der Waals surface area contributed by atoms with Crippen LogP contribution >= 0.6 is 23.4 Å². The number of aryl methyl sites for hydroxylation is 1. The van der Waals surface area contributed by atoms with E-state index in [1.165, 1.54) is 11.1 Å². The van der Waals surface area contributed by atoms with Crippen LogP contribution < -0.4 is 10.1 Å². The van der Waals surface area contributed by atoms with E-state index in [0.29, 0.717) is 22.2 Å². The third-order valence-electron chi connectivity index (χ3n) is 4.08. The monoisotopic (exact) mass is 391 g/mol. The van der Waals surface area contributed by atoms with Gasteiger partial charge in [-0.2, -0.15) is 0 Å². The van der Waals surface area contributed by atoms with Crippen molar-refractivity contribution in [3.05, 3.63) is 58.1 Å². The Morgan fingerprint density at radius 1 is 1.19 bits per heavy atom.